The van der Waals surface area contributed by atoms with E-state index in [9.17, 15) is 0 Å². The van der Waals surface area contributed by atoms with Crippen LogP contribution >= 0.6 is 11.6 Å². The molecule has 0 aliphatic heterocycles. The summed E-state index contributed by atoms with van der Waals surface area (Å²) in [6.45, 7) is 0.804. The fourth-order valence-corrected chi connectivity index (χ4v) is 1.83. The summed E-state index contributed by atoms with van der Waals surface area (Å²) >= 11 is 5.95. The Morgan fingerprint density at radius 3 is 2.87 bits per heavy atom. The molecule has 1 aromatic carbocycles. The monoisotopic (exact) mass is 227 g/mol. The highest BCUT2D eigenvalue weighted by atomic mass is 35.5. The Labute approximate surface area is 96.6 Å². The Morgan fingerprint density at radius 1 is 1.47 bits per heavy atom. The topological polar surface area (TPSA) is 21.3 Å². The van der Waals surface area contributed by atoms with E-state index < -0.39 is 0 Å². The first-order valence-corrected chi connectivity index (χ1v) is 5.57. The number of hydrogen-bond donors (Lipinski definition) is 1. The maximum Gasteiger partial charge on any atom is 0.0462 e. The summed E-state index contributed by atoms with van der Waals surface area (Å²) in [7, 11) is 3.70. The summed E-state index contributed by atoms with van der Waals surface area (Å²) in [4.78, 5) is 0. The van der Waals surface area contributed by atoms with Gasteiger partial charge >= 0.3 is 0 Å². The minimum absolute atomic E-state index is 0.360. The Bertz CT molecular complexity index is 291. The van der Waals surface area contributed by atoms with E-state index in [4.69, 9.17) is 16.3 Å². The molecule has 1 N–H and O–H groups in total. The second kappa shape index (κ2) is 6.83. The molecule has 0 amide bonds. The van der Waals surface area contributed by atoms with Crippen molar-refractivity contribution in [2.75, 3.05) is 20.8 Å². The van der Waals surface area contributed by atoms with Crippen molar-refractivity contribution in [3.05, 3.63) is 34.9 Å². The highest BCUT2D eigenvalue weighted by Gasteiger charge is 2.08. The van der Waals surface area contributed by atoms with E-state index in [-0.39, 0.29) is 0 Å². The van der Waals surface area contributed by atoms with E-state index in [0.717, 1.165) is 24.5 Å². The van der Waals surface area contributed by atoms with Crippen molar-refractivity contribution >= 4 is 11.6 Å². The lowest BCUT2D eigenvalue weighted by Gasteiger charge is -2.16. The maximum absolute atomic E-state index is 5.95. The van der Waals surface area contributed by atoms with Crippen LogP contribution in [0.5, 0.6) is 0 Å². The minimum atomic E-state index is 0.360. The van der Waals surface area contributed by atoms with Gasteiger partial charge in [0.2, 0.25) is 0 Å². The van der Waals surface area contributed by atoms with Crippen LogP contribution in [0.4, 0.5) is 0 Å². The van der Waals surface area contributed by atoms with Gasteiger partial charge in [0.15, 0.2) is 0 Å². The average molecular weight is 228 g/mol. The van der Waals surface area contributed by atoms with Crippen molar-refractivity contribution in [3.63, 3.8) is 0 Å². The smallest absolute Gasteiger partial charge is 0.0462 e. The third kappa shape index (κ3) is 4.20. The van der Waals surface area contributed by atoms with E-state index in [0.29, 0.717) is 6.04 Å². The molecule has 0 aliphatic rings. The van der Waals surface area contributed by atoms with Crippen molar-refractivity contribution in [1.29, 1.82) is 0 Å². The van der Waals surface area contributed by atoms with Gasteiger partial charge in [-0.25, -0.2) is 0 Å². The Hall–Kier alpha value is -0.570. The molecular weight excluding hydrogens is 210 g/mol. The van der Waals surface area contributed by atoms with Gasteiger partial charge in [-0.1, -0.05) is 23.7 Å². The largest absolute Gasteiger partial charge is 0.385 e. The summed E-state index contributed by atoms with van der Waals surface area (Å²) in [5, 5.41) is 4.08. The molecule has 0 radical (unpaired) electrons. The van der Waals surface area contributed by atoms with Crippen LogP contribution in [-0.2, 0) is 4.74 Å². The molecule has 84 valence electrons. The van der Waals surface area contributed by atoms with E-state index in [1.165, 1.54) is 5.56 Å². The van der Waals surface area contributed by atoms with E-state index in [1.54, 1.807) is 7.11 Å². The van der Waals surface area contributed by atoms with Gasteiger partial charge in [0.25, 0.3) is 0 Å². The van der Waals surface area contributed by atoms with Crippen molar-refractivity contribution < 1.29 is 4.74 Å². The lowest BCUT2D eigenvalue weighted by molar-refractivity contribution is 0.189. The second-order valence-electron chi connectivity index (χ2n) is 3.53. The van der Waals surface area contributed by atoms with Crippen molar-refractivity contribution in [2.45, 2.75) is 18.9 Å². The summed E-state index contributed by atoms with van der Waals surface area (Å²) in [5.41, 5.74) is 1.24. The summed E-state index contributed by atoms with van der Waals surface area (Å²) in [6.07, 6.45) is 2.11. The molecule has 1 rings (SSSR count). The van der Waals surface area contributed by atoms with Gasteiger partial charge in [-0.05, 0) is 37.6 Å². The molecule has 1 aromatic rings. The molecule has 0 heterocycles. The first-order valence-electron chi connectivity index (χ1n) is 5.19. The predicted molar refractivity (Wildman–Crippen MR) is 64.4 cm³/mol. The SMILES string of the molecule is CNC(CCCOC)c1cccc(Cl)c1. The van der Waals surface area contributed by atoms with E-state index >= 15 is 0 Å². The van der Waals surface area contributed by atoms with Crippen LogP contribution in [0.3, 0.4) is 0 Å². The Balaban J connectivity index is 2.57. The van der Waals surface area contributed by atoms with Gasteiger partial charge in [-0.2, -0.15) is 0 Å². The number of rotatable bonds is 6. The molecule has 0 fully saturated rings. The van der Waals surface area contributed by atoms with Gasteiger partial charge in [-0.3, -0.25) is 0 Å². The number of halogens is 1. The van der Waals surface area contributed by atoms with Crippen LogP contribution in [0.2, 0.25) is 5.02 Å². The Kier molecular flexibility index (Phi) is 5.69. The number of hydrogen-bond acceptors (Lipinski definition) is 2. The number of benzene rings is 1. The van der Waals surface area contributed by atoms with Crippen molar-refractivity contribution in [1.82, 2.24) is 5.32 Å². The van der Waals surface area contributed by atoms with Crippen molar-refractivity contribution in [3.8, 4) is 0 Å². The normalized spacial score (nSPS) is 12.7. The van der Waals surface area contributed by atoms with Gasteiger partial charge < -0.3 is 10.1 Å². The van der Waals surface area contributed by atoms with E-state index in [1.807, 2.05) is 25.2 Å². The number of methoxy groups -OCH3 is 1. The standard InChI is InChI=1S/C12H18ClNO/c1-14-12(7-4-8-15-2)10-5-3-6-11(13)9-10/h3,5-6,9,12,14H,4,7-8H2,1-2H3. The Morgan fingerprint density at radius 2 is 2.27 bits per heavy atom. The molecule has 0 saturated carbocycles. The zero-order chi connectivity index (χ0) is 11.1. The lowest BCUT2D eigenvalue weighted by atomic mass is 10.0. The first-order chi connectivity index (χ1) is 7.27. The molecule has 0 saturated heterocycles. The quantitative estimate of drug-likeness (QED) is 0.755. The molecular formula is C12H18ClNO. The summed E-state index contributed by atoms with van der Waals surface area (Å²) in [6, 6.07) is 8.35. The van der Waals surface area contributed by atoms with Crippen molar-refractivity contribution in [2.24, 2.45) is 0 Å². The minimum Gasteiger partial charge on any atom is -0.385 e. The van der Waals surface area contributed by atoms with Crippen LogP contribution < -0.4 is 5.32 Å². The molecule has 1 atom stereocenters. The van der Waals surface area contributed by atoms with Crippen LogP contribution in [0.1, 0.15) is 24.4 Å². The van der Waals surface area contributed by atoms with Crippen LogP contribution in [0, 0.1) is 0 Å². The molecule has 0 bridgehead atoms. The van der Waals surface area contributed by atoms with Gasteiger partial charge in [-0.15, -0.1) is 0 Å². The number of nitrogens with one attached hydrogen (secondary N) is 1. The van der Waals surface area contributed by atoms with Crippen LogP contribution in [0.15, 0.2) is 24.3 Å². The fourth-order valence-electron chi connectivity index (χ4n) is 1.63. The second-order valence-corrected chi connectivity index (χ2v) is 3.97. The third-order valence-corrected chi connectivity index (χ3v) is 2.68. The molecule has 0 aromatic heterocycles. The first kappa shape index (κ1) is 12.5. The lowest BCUT2D eigenvalue weighted by Crippen LogP contribution is -2.16. The summed E-state index contributed by atoms with van der Waals surface area (Å²) in [5.74, 6) is 0. The fraction of sp³-hybridized carbons (Fsp3) is 0.500. The van der Waals surface area contributed by atoms with Crippen LogP contribution in [0.25, 0.3) is 0 Å². The zero-order valence-electron chi connectivity index (χ0n) is 9.29. The zero-order valence-corrected chi connectivity index (χ0v) is 10.1. The maximum atomic E-state index is 5.95. The molecule has 0 spiro atoms. The third-order valence-electron chi connectivity index (χ3n) is 2.44. The van der Waals surface area contributed by atoms with Gasteiger partial charge in [0.1, 0.15) is 0 Å². The molecule has 3 heteroatoms. The highest BCUT2D eigenvalue weighted by Crippen LogP contribution is 2.21. The predicted octanol–water partition coefficient (Wildman–Crippen LogP) is 3.03. The molecule has 0 aliphatic carbocycles. The summed E-state index contributed by atoms with van der Waals surface area (Å²) < 4.78 is 5.04. The van der Waals surface area contributed by atoms with E-state index in [2.05, 4.69) is 11.4 Å². The highest BCUT2D eigenvalue weighted by molar-refractivity contribution is 6.30. The van der Waals surface area contributed by atoms with Gasteiger partial charge in [0, 0.05) is 24.8 Å². The average Bonchev–Trinajstić information content (AvgIpc) is 2.24. The molecule has 1 unspecified atom stereocenters. The molecule has 15 heavy (non-hydrogen) atoms. The number of ether oxygens (including phenoxy) is 1. The van der Waals surface area contributed by atoms with Gasteiger partial charge in [0.05, 0.1) is 0 Å². The molecule has 2 nitrogen and oxygen atoms in total. The van der Waals surface area contributed by atoms with Crippen LogP contribution in [-0.4, -0.2) is 20.8 Å².